The Hall–Kier alpha value is -0.940. The molecule has 1 aliphatic rings. The second-order valence-corrected chi connectivity index (χ2v) is 6.72. The third-order valence-electron chi connectivity index (χ3n) is 3.46. The van der Waals surface area contributed by atoms with Crippen LogP contribution >= 0.6 is 23.4 Å². The Bertz CT molecular complexity index is 532. The number of hydrogen-bond acceptors (Lipinski definition) is 4. The molecule has 2 unspecified atom stereocenters. The van der Waals surface area contributed by atoms with Crippen LogP contribution in [-0.2, 0) is 6.54 Å². The summed E-state index contributed by atoms with van der Waals surface area (Å²) >= 11 is 8.13. The molecule has 0 spiro atoms. The van der Waals surface area contributed by atoms with Gasteiger partial charge in [-0.15, -0.1) is 6.58 Å². The average molecular weight is 314 g/mol. The Kier molecular flexibility index (Phi) is 5.54. The minimum absolute atomic E-state index is 0.217. The molecule has 0 aliphatic heterocycles. The SMILES string of the molecule is C=CCn1ncc(NC2CCCC2SCC)c(Cl)c1=O. The zero-order valence-corrected chi connectivity index (χ0v) is 13.2. The first-order valence-electron chi connectivity index (χ1n) is 6.92. The number of allylic oxidation sites excluding steroid dienone is 1. The van der Waals surface area contributed by atoms with Crippen LogP contribution in [0.2, 0.25) is 5.02 Å². The first-order chi connectivity index (χ1) is 9.67. The van der Waals surface area contributed by atoms with Crippen molar-refractivity contribution in [3.63, 3.8) is 0 Å². The lowest BCUT2D eigenvalue weighted by Crippen LogP contribution is -2.29. The van der Waals surface area contributed by atoms with Crippen LogP contribution in [0.25, 0.3) is 0 Å². The summed E-state index contributed by atoms with van der Waals surface area (Å²) in [5.74, 6) is 1.11. The van der Waals surface area contributed by atoms with E-state index in [0.717, 1.165) is 12.2 Å². The molecule has 0 saturated heterocycles. The molecule has 0 radical (unpaired) electrons. The van der Waals surface area contributed by atoms with Crippen molar-refractivity contribution in [2.45, 2.75) is 44.0 Å². The zero-order chi connectivity index (χ0) is 14.5. The minimum Gasteiger partial charge on any atom is -0.379 e. The van der Waals surface area contributed by atoms with Crippen molar-refractivity contribution < 1.29 is 0 Å². The summed E-state index contributed by atoms with van der Waals surface area (Å²) in [4.78, 5) is 12.0. The van der Waals surface area contributed by atoms with Gasteiger partial charge in [0.25, 0.3) is 5.56 Å². The molecule has 1 heterocycles. The van der Waals surface area contributed by atoms with Crippen molar-refractivity contribution in [3.05, 3.63) is 34.2 Å². The number of aromatic nitrogens is 2. The van der Waals surface area contributed by atoms with Crippen LogP contribution in [0, 0.1) is 0 Å². The van der Waals surface area contributed by atoms with Crippen LogP contribution in [0.3, 0.4) is 0 Å². The Morgan fingerprint density at radius 3 is 3.15 bits per heavy atom. The van der Waals surface area contributed by atoms with Crippen molar-refractivity contribution in [1.82, 2.24) is 9.78 Å². The molecule has 1 N–H and O–H groups in total. The van der Waals surface area contributed by atoms with Gasteiger partial charge in [0, 0.05) is 11.3 Å². The van der Waals surface area contributed by atoms with Gasteiger partial charge in [0.05, 0.1) is 18.4 Å². The molecule has 4 nitrogen and oxygen atoms in total. The van der Waals surface area contributed by atoms with Gasteiger partial charge in [-0.1, -0.05) is 31.0 Å². The molecule has 2 atom stereocenters. The van der Waals surface area contributed by atoms with Gasteiger partial charge in [-0.3, -0.25) is 4.79 Å². The van der Waals surface area contributed by atoms with Gasteiger partial charge in [0.15, 0.2) is 0 Å². The van der Waals surface area contributed by atoms with E-state index in [2.05, 4.69) is 23.9 Å². The Labute approximate surface area is 128 Å². The van der Waals surface area contributed by atoms with Gasteiger partial charge in [-0.25, -0.2) is 4.68 Å². The van der Waals surface area contributed by atoms with Crippen molar-refractivity contribution in [2.75, 3.05) is 11.1 Å². The zero-order valence-electron chi connectivity index (χ0n) is 11.6. The molecule has 0 aromatic carbocycles. The maximum Gasteiger partial charge on any atom is 0.287 e. The molecule has 2 rings (SSSR count). The predicted octanol–water partition coefficient (Wildman–Crippen LogP) is 3.17. The highest BCUT2D eigenvalue weighted by atomic mass is 35.5. The van der Waals surface area contributed by atoms with E-state index in [9.17, 15) is 4.79 Å². The molecule has 0 amide bonds. The van der Waals surface area contributed by atoms with Crippen LogP contribution in [-0.4, -0.2) is 26.8 Å². The number of rotatable bonds is 6. The summed E-state index contributed by atoms with van der Waals surface area (Å²) in [6.45, 7) is 6.14. The number of hydrogen-bond donors (Lipinski definition) is 1. The average Bonchev–Trinajstić information content (AvgIpc) is 2.86. The molecule has 1 saturated carbocycles. The van der Waals surface area contributed by atoms with Crippen LogP contribution < -0.4 is 10.9 Å². The first kappa shape index (κ1) is 15.4. The number of nitrogens with one attached hydrogen (secondary N) is 1. The topological polar surface area (TPSA) is 46.9 Å². The van der Waals surface area contributed by atoms with Gasteiger partial charge in [-0.2, -0.15) is 16.9 Å². The van der Waals surface area contributed by atoms with Gasteiger partial charge in [0.1, 0.15) is 5.02 Å². The molecule has 6 heteroatoms. The summed E-state index contributed by atoms with van der Waals surface area (Å²) in [6, 6.07) is 0.369. The van der Waals surface area contributed by atoms with E-state index >= 15 is 0 Å². The lowest BCUT2D eigenvalue weighted by atomic mass is 10.2. The quantitative estimate of drug-likeness (QED) is 0.819. The van der Waals surface area contributed by atoms with E-state index in [1.165, 1.54) is 17.5 Å². The van der Waals surface area contributed by atoms with Crippen LogP contribution in [0.5, 0.6) is 0 Å². The lowest BCUT2D eigenvalue weighted by molar-refractivity contribution is 0.650. The standard InChI is InChI=1S/C14H20ClN3OS/c1-3-8-18-14(19)13(15)11(9-16-18)17-10-6-5-7-12(10)20-4-2/h3,9-10,12,17H,1,4-8H2,2H3. The normalized spacial score (nSPS) is 21.9. The van der Waals surface area contributed by atoms with E-state index < -0.39 is 0 Å². The van der Waals surface area contributed by atoms with E-state index in [0.29, 0.717) is 23.5 Å². The first-order valence-corrected chi connectivity index (χ1v) is 8.34. The van der Waals surface area contributed by atoms with Crippen molar-refractivity contribution >= 4 is 29.1 Å². The van der Waals surface area contributed by atoms with Gasteiger partial charge < -0.3 is 5.32 Å². The van der Waals surface area contributed by atoms with Crippen molar-refractivity contribution in [1.29, 1.82) is 0 Å². The third kappa shape index (κ3) is 3.38. The molecule has 20 heavy (non-hydrogen) atoms. The summed E-state index contributed by atoms with van der Waals surface area (Å²) in [7, 11) is 0. The van der Waals surface area contributed by atoms with Gasteiger partial charge in [0.2, 0.25) is 0 Å². The number of halogens is 1. The highest BCUT2D eigenvalue weighted by molar-refractivity contribution is 7.99. The fourth-order valence-electron chi connectivity index (χ4n) is 2.52. The Balaban J connectivity index is 2.15. The smallest absolute Gasteiger partial charge is 0.287 e. The summed E-state index contributed by atoms with van der Waals surface area (Å²) < 4.78 is 1.31. The van der Waals surface area contributed by atoms with Crippen LogP contribution in [0.1, 0.15) is 26.2 Å². The number of thioether (sulfide) groups is 1. The summed E-state index contributed by atoms with van der Waals surface area (Å²) in [5, 5.41) is 8.33. The fraction of sp³-hybridized carbons (Fsp3) is 0.571. The second-order valence-electron chi connectivity index (χ2n) is 4.82. The van der Waals surface area contributed by atoms with Gasteiger partial charge >= 0.3 is 0 Å². The number of anilines is 1. The Morgan fingerprint density at radius 1 is 1.65 bits per heavy atom. The molecule has 1 aliphatic carbocycles. The lowest BCUT2D eigenvalue weighted by Gasteiger charge is -2.21. The molecular formula is C14H20ClN3OS. The maximum atomic E-state index is 12.0. The number of nitrogens with zero attached hydrogens (tertiary/aromatic N) is 2. The summed E-state index contributed by atoms with van der Waals surface area (Å²) in [5.41, 5.74) is 0.375. The maximum absolute atomic E-state index is 12.0. The minimum atomic E-state index is -0.269. The van der Waals surface area contributed by atoms with Crippen LogP contribution in [0.15, 0.2) is 23.6 Å². The van der Waals surface area contributed by atoms with Crippen molar-refractivity contribution in [2.24, 2.45) is 0 Å². The summed E-state index contributed by atoms with van der Waals surface area (Å²) in [6.07, 6.45) is 6.81. The van der Waals surface area contributed by atoms with E-state index in [-0.39, 0.29) is 10.6 Å². The van der Waals surface area contributed by atoms with E-state index in [1.807, 2.05) is 11.8 Å². The predicted molar refractivity (Wildman–Crippen MR) is 86.9 cm³/mol. The van der Waals surface area contributed by atoms with E-state index in [4.69, 9.17) is 11.6 Å². The molecule has 1 aromatic rings. The largest absolute Gasteiger partial charge is 0.379 e. The highest BCUT2D eigenvalue weighted by Gasteiger charge is 2.27. The molecule has 1 fully saturated rings. The van der Waals surface area contributed by atoms with E-state index in [1.54, 1.807) is 12.3 Å². The van der Waals surface area contributed by atoms with Gasteiger partial charge in [-0.05, 0) is 18.6 Å². The molecule has 110 valence electrons. The highest BCUT2D eigenvalue weighted by Crippen LogP contribution is 2.32. The second kappa shape index (κ2) is 7.18. The third-order valence-corrected chi connectivity index (χ3v) is 5.15. The fourth-order valence-corrected chi connectivity index (χ4v) is 3.92. The molecule has 0 bridgehead atoms. The Morgan fingerprint density at radius 2 is 2.45 bits per heavy atom. The molecular weight excluding hydrogens is 294 g/mol. The van der Waals surface area contributed by atoms with Crippen LogP contribution in [0.4, 0.5) is 5.69 Å². The monoisotopic (exact) mass is 313 g/mol. The van der Waals surface area contributed by atoms with Crippen molar-refractivity contribution in [3.8, 4) is 0 Å². The molecule has 1 aromatic heterocycles.